The molecule has 0 aromatic heterocycles. The van der Waals surface area contributed by atoms with E-state index in [2.05, 4.69) is 10.1 Å². The summed E-state index contributed by atoms with van der Waals surface area (Å²) >= 11 is 0. The van der Waals surface area contributed by atoms with Crippen LogP contribution in [0.5, 0.6) is 5.75 Å². The van der Waals surface area contributed by atoms with Crippen LogP contribution in [-0.2, 0) is 10.0 Å². The Kier molecular flexibility index (Phi) is 6.37. The molecule has 2 aromatic rings. The van der Waals surface area contributed by atoms with Crippen LogP contribution in [0.4, 0.5) is 13.2 Å². The minimum atomic E-state index is -4.84. The largest absolute Gasteiger partial charge is 0.573 e. The van der Waals surface area contributed by atoms with Crippen LogP contribution in [0.1, 0.15) is 28.8 Å². The number of hydrogen-bond acceptors (Lipinski definition) is 4. The molecule has 3 rings (SSSR count). The van der Waals surface area contributed by atoms with E-state index in [0.717, 1.165) is 29.8 Å². The van der Waals surface area contributed by atoms with Crippen LogP contribution in [0.3, 0.4) is 0 Å². The number of nitrogens with zero attached hydrogens (tertiary/aromatic N) is 1. The maximum absolute atomic E-state index is 12.8. The van der Waals surface area contributed by atoms with Gasteiger partial charge in [-0.05, 0) is 55.7 Å². The van der Waals surface area contributed by atoms with Crippen molar-refractivity contribution in [1.82, 2.24) is 9.62 Å². The third-order valence-electron chi connectivity index (χ3n) is 4.87. The third kappa shape index (κ3) is 5.31. The van der Waals surface area contributed by atoms with Gasteiger partial charge in [0.15, 0.2) is 0 Å². The molecule has 0 saturated carbocycles. The molecule has 2 aromatic carbocycles. The average molecular weight is 442 g/mol. The van der Waals surface area contributed by atoms with Gasteiger partial charge in [0.05, 0.1) is 4.90 Å². The summed E-state index contributed by atoms with van der Waals surface area (Å²) in [7, 11) is -3.85. The summed E-state index contributed by atoms with van der Waals surface area (Å²) < 4.78 is 67.3. The molecule has 0 unspecified atom stereocenters. The first-order valence-electron chi connectivity index (χ1n) is 9.29. The number of carbonyl (C=O) groups is 1. The minimum Gasteiger partial charge on any atom is -0.406 e. The lowest BCUT2D eigenvalue weighted by atomic mass is 10.0. The van der Waals surface area contributed by atoms with Crippen molar-refractivity contribution < 1.29 is 31.1 Å². The Labute approximate surface area is 172 Å². The zero-order valence-electron chi connectivity index (χ0n) is 16.1. The lowest BCUT2D eigenvalue weighted by molar-refractivity contribution is -0.274. The van der Waals surface area contributed by atoms with Crippen LogP contribution >= 0.6 is 0 Å². The van der Waals surface area contributed by atoms with Crippen LogP contribution in [0.2, 0.25) is 0 Å². The molecule has 1 amide bonds. The summed E-state index contributed by atoms with van der Waals surface area (Å²) in [6, 6.07) is 11.1. The Morgan fingerprint density at radius 3 is 2.23 bits per heavy atom. The van der Waals surface area contributed by atoms with E-state index in [1.807, 2.05) is 19.1 Å². The van der Waals surface area contributed by atoms with Crippen LogP contribution < -0.4 is 10.1 Å². The van der Waals surface area contributed by atoms with Crippen LogP contribution in [-0.4, -0.2) is 44.1 Å². The smallest absolute Gasteiger partial charge is 0.406 e. The number of amides is 1. The van der Waals surface area contributed by atoms with Crippen molar-refractivity contribution in [2.24, 2.45) is 0 Å². The second-order valence-electron chi connectivity index (χ2n) is 6.99. The highest BCUT2D eigenvalue weighted by molar-refractivity contribution is 7.89. The molecule has 10 heteroatoms. The van der Waals surface area contributed by atoms with Crippen molar-refractivity contribution in [3.63, 3.8) is 0 Å². The zero-order valence-corrected chi connectivity index (χ0v) is 17.0. The maximum Gasteiger partial charge on any atom is 0.573 e. The fraction of sp³-hybridized carbons (Fsp3) is 0.350. The van der Waals surface area contributed by atoms with E-state index < -0.39 is 22.1 Å². The summed E-state index contributed by atoms with van der Waals surface area (Å²) in [5.41, 5.74) is 1.43. The molecule has 1 aliphatic heterocycles. The monoisotopic (exact) mass is 442 g/mol. The molecule has 0 spiro atoms. The first kappa shape index (κ1) is 22.1. The molecule has 1 aliphatic rings. The molecule has 162 valence electrons. The van der Waals surface area contributed by atoms with Gasteiger partial charge in [-0.3, -0.25) is 4.79 Å². The van der Waals surface area contributed by atoms with Crippen molar-refractivity contribution in [2.45, 2.75) is 37.1 Å². The van der Waals surface area contributed by atoms with E-state index in [9.17, 15) is 26.4 Å². The van der Waals surface area contributed by atoms with Crippen LogP contribution in [0.25, 0.3) is 0 Å². The third-order valence-corrected chi connectivity index (χ3v) is 6.79. The standard InChI is InChI=1S/C20H21F3N2O4S/c1-14-4-2-3-5-18(14)19(26)24-15-10-12-25(13-11-15)30(27,28)17-8-6-16(7-9-17)29-20(21,22)23/h2-9,15H,10-13H2,1H3,(H,24,26). The minimum absolute atomic E-state index is 0.112. The van der Waals surface area contributed by atoms with E-state index in [-0.39, 0.29) is 29.9 Å². The van der Waals surface area contributed by atoms with Crippen LogP contribution in [0.15, 0.2) is 53.4 Å². The molecular weight excluding hydrogens is 421 g/mol. The van der Waals surface area contributed by atoms with E-state index >= 15 is 0 Å². The molecule has 0 radical (unpaired) electrons. The molecule has 6 nitrogen and oxygen atoms in total. The topological polar surface area (TPSA) is 75.7 Å². The van der Waals surface area contributed by atoms with Crippen molar-refractivity contribution >= 4 is 15.9 Å². The van der Waals surface area contributed by atoms with E-state index in [4.69, 9.17) is 0 Å². The van der Waals surface area contributed by atoms with Gasteiger partial charge in [-0.1, -0.05) is 18.2 Å². The summed E-state index contributed by atoms with van der Waals surface area (Å²) in [5, 5.41) is 2.93. The molecule has 1 heterocycles. The molecular formula is C20H21F3N2O4S. The maximum atomic E-state index is 12.8. The second kappa shape index (κ2) is 8.65. The van der Waals surface area contributed by atoms with Crippen molar-refractivity contribution in [1.29, 1.82) is 0 Å². The summed E-state index contributed by atoms with van der Waals surface area (Å²) in [6.07, 6.45) is -3.97. The van der Waals surface area contributed by atoms with Gasteiger partial charge < -0.3 is 10.1 Å². The Hall–Kier alpha value is -2.59. The number of alkyl halides is 3. The molecule has 30 heavy (non-hydrogen) atoms. The second-order valence-corrected chi connectivity index (χ2v) is 8.92. The number of aryl methyl sites for hydroxylation is 1. The highest BCUT2D eigenvalue weighted by Gasteiger charge is 2.32. The normalized spacial score (nSPS) is 16.3. The number of halogens is 3. The quantitative estimate of drug-likeness (QED) is 0.770. The molecule has 1 fully saturated rings. The Balaban J connectivity index is 1.60. The number of benzene rings is 2. The zero-order chi connectivity index (χ0) is 21.9. The average Bonchev–Trinajstić information content (AvgIpc) is 2.68. The summed E-state index contributed by atoms with van der Waals surface area (Å²) in [6.45, 7) is 2.23. The number of sulfonamides is 1. The van der Waals surface area contributed by atoms with Gasteiger partial charge in [0.2, 0.25) is 10.0 Å². The van der Waals surface area contributed by atoms with E-state index in [1.54, 1.807) is 12.1 Å². The lowest BCUT2D eigenvalue weighted by Crippen LogP contribution is -2.46. The number of piperidine rings is 1. The van der Waals surface area contributed by atoms with Gasteiger partial charge in [0, 0.05) is 24.7 Å². The number of ether oxygens (including phenoxy) is 1. The molecule has 1 N–H and O–H groups in total. The van der Waals surface area contributed by atoms with Crippen LogP contribution in [0, 0.1) is 6.92 Å². The first-order chi connectivity index (χ1) is 14.1. The Morgan fingerprint density at radius 2 is 1.67 bits per heavy atom. The SMILES string of the molecule is Cc1ccccc1C(=O)NC1CCN(S(=O)(=O)c2ccc(OC(F)(F)F)cc2)CC1. The molecule has 0 bridgehead atoms. The number of carbonyl (C=O) groups excluding carboxylic acids is 1. The fourth-order valence-corrected chi connectivity index (χ4v) is 4.76. The predicted octanol–water partition coefficient (Wildman–Crippen LogP) is 3.48. The summed E-state index contributed by atoms with van der Waals surface area (Å²) in [5.74, 6) is -0.686. The van der Waals surface area contributed by atoms with E-state index in [1.165, 1.54) is 4.31 Å². The number of rotatable bonds is 5. The molecule has 1 saturated heterocycles. The number of nitrogens with one attached hydrogen (secondary N) is 1. The van der Waals surface area contributed by atoms with Crippen molar-refractivity contribution in [2.75, 3.05) is 13.1 Å². The van der Waals surface area contributed by atoms with Gasteiger partial charge in [-0.15, -0.1) is 13.2 Å². The lowest BCUT2D eigenvalue weighted by Gasteiger charge is -2.31. The van der Waals surface area contributed by atoms with E-state index in [0.29, 0.717) is 18.4 Å². The molecule has 0 atom stereocenters. The Bertz CT molecular complexity index is 999. The van der Waals surface area contributed by atoms with Crippen molar-refractivity contribution in [3.8, 4) is 5.75 Å². The highest BCUT2D eigenvalue weighted by Crippen LogP contribution is 2.26. The van der Waals surface area contributed by atoms with Gasteiger partial charge in [0.25, 0.3) is 5.91 Å². The van der Waals surface area contributed by atoms with Gasteiger partial charge in [0.1, 0.15) is 5.75 Å². The summed E-state index contributed by atoms with van der Waals surface area (Å²) in [4.78, 5) is 12.3. The highest BCUT2D eigenvalue weighted by atomic mass is 32.2. The Morgan fingerprint density at radius 1 is 1.07 bits per heavy atom. The van der Waals surface area contributed by atoms with Crippen molar-refractivity contribution in [3.05, 3.63) is 59.7 Å². The first-order valence-corrected chi connectivity index (χ1v) is 10.7. The fourth-order valence-electron chi connectivity index (χ4n) is 3.29. The predicted molar refractivity (Wildman–Crippen MR) is 104 cm³/mol. The van der Waals surface area contributed by atoms with Gasteiger partial charge in [-0.25, -0.2) is 8.42 Å². The molecule has 0 aliphatic carbocycles. The van der Waals surface area contributed by atoms with Gasteiger partial charge >= 0.3 is 6.36 Å². The van der Waals surface area contributed by atoms with Gasteiger partial charge in [-0.2, -0.15) is 4.31 Å². The number of hydrogen-bond donors (Lipinski definition) is 1.